The summed E-state index contributed by atoms with van der Waals surface area (Å²) in [5.74, 6) is 0. The number of hydrogen-bond donors (Lipinski definition) is 0. The van der Waals surface area contributed by atoms with E-state index in [2.05, 4.69) is 0 Å². The van der Waals surface area contributed by atoms with Crippen molar-refractivity contribution in [3.8, 4) is 0 Å². The van der Waals surface area contributed by atoms with Crippen molar-refractivity contribution in [2.45, 2.75) is 0 Å². The van der Waals surface area contributed by atoms with Gasteiger partial charge in [-0.3, -0.25) is 0 Å². The second-order valence-corrected chi connectivity index (χ2v) is 0. The Balaban J connectivity index is -0.00000000167. The molecule has 0 amide bonds. The third-order valence-corrected chi connectivity index (χ3v) is 0. The first kappa shape index (κ1) is 92.4. The van der Waals surface area contributed by atoms with E-state index in [1.807, 2.05) is 0 Å². The maximum absolute atomic E-state index is 8.06. The smallest absolute Gasteiger partial charge is 0.870 e. The topological polar surface area (TPSA) is 109 Å². The molecule has 5 heavy (non-hydrogen) atoms. The average Bonchev–Trinajstić information content (AvgIpc) is 1.00. The van der Waals surface area contributed by atoms with Gasteiger partial charge >= 0.3 is 14.6 Å². The fourth-order valence-electron chi connectivity index (χ4n) is 0. The molecule has 0 aromatic heterocycles. The molecule has 0 aliphatic carbocycles. The Morgan fingerprint density at radius 3 is 1.00 bits per heavy atom. The first-order chi connectivity index (χ1) is 1.00. The summed E-state index contributed by atoms with van der Waals surface area (Å²) >= 11 is 0. The van der Waals surface area contributed by atoms with E-state index >= 15 is 0 Å². The van der Waals surface area contributed by atoms with Crippen molar-refractivity contribution >= 4 is 10.1 Å². The van der Waals surface area contributed by atoms with E-state index in [0.29, 0.717) is 0 Å². The van der Waals surface area contributed by atoms with Crippen LogP contribution in [0.3, 0.4) is 0 Å². The van der Waals surface area contributed by atoms with Gasteiger partial charge in [0.2, 0.25) is 0 Å². The summed E-state index contributed by atoms with van der Waals surface area (Å²) in [6.45, 7) is 0. The van der Waals surface area contributed by atoms with Gasteiger partial charge in [-0.1, -0.05) is 0 Å². The van der Waals surface area contributed by atoms with Crippen LogP contribution >= 0.6 is 0 Å². The van der Waals surface area contributed by atoms with Crippen molar-refractivity contribution in [2.24, 2.45) is 0 Å². The van der Waals surface area contributed by atoms with Crippen molar-refractivity contribution in [1.29, 1.82) is 0 Å². The Hall–Kier alpha value is -0.103. The Labute approximate surface area is 32.2 Å². The van der Waals surface area contributed by atoms with Gasteiger partial charge in [0.25, 0.3) is 0 Å². The van der Waals surface area contributed by atoms with Crippen LogP contribution in [0, 0.1) is 0 Å². The van der Waals surface area contributed by atoms with E-state index in [0.717, 1.165) is 0 Å². The summed E-state index contributed by atoms with van der Waals surface area (Å²) < 4.78 is 8.06. The van der Waals surface area contributed by atoms with Crippen LogP contribution in [-0.4, -0.2) is 26.6 Å². The average molecular weight is 96.1 g/mol. The van der Waals surface area contributed by atoms with E-state index in [1.54, 1.807) is 10.1 Å². The number of rotatable bonds is 0. The molecule has 0 unspecified atom stereocenters. The van der Waals surface area contributed by atoms with Gasteiger partial charge in [-0.05, 0) is 0 Å². The summed E-state index contributed by atoms with van der Waals surface area (Å²) in [5, 5.41) is 0. The van der Waals surface area contributed by atoms with Gasteiger partial charge in [-0.25, -0.2) is 0 Å². The van der Waals surface area contributed by atoms with E-state index in [9.17, 15) is 0 Å². The van der Waals surface area contributed by atoms with Crippen molar-refractivity contribution in [2.75, 3.05) is 0 Å². The molecule has 0 fully saturated rings. The molecular formula is H4O4Si. The molecule has 0 aromatic rings. The molecule has 4 nitrogen and oxygen atoms in total. The molecule has 5 heteroatoms. The molecule has 0 aliphatic rings. The predicted octanol–water partition coefficient (Wildman–Crippen LogP) is -1.68. The Morgan fingerprint density at radius 1 is 1.00 bits per heavy atom. The van der Waals surface area contributed by atoms with Crippen LogP contribution in [0.25, 0.3) is 0 Å². The Bertz CT molecular complexity index is 3.61. The molecule has 32 valence electrons. The summed E-state index contributed by atoms with van der Waals surface area (Å²) in [6.07, 6.45) is 0. The van der Waals surface area contributed by atoms with Gasteiger partial charge < -0.3 is 16.4 Å². The van der Waals surface area contributed by atoms with Crippen LogP contribution in [0.1, 0.15) is 0 Å². The molecule has 0 aliphatic heterocycles. The predicted molar refractivity (Wildman–Crippen MR) is 13.9 cm³/mol. The summed E-state index contributed by atoms with van der Waals surface area (Å²) in [6, 6.07) is 0. The van der Waals surface area contributed by atoms with Crippen molar-refractivity contribution in [3.05, 3.63) is 0 Å². The zero-order chi connectivity index (χ0) is 2.00. The molecule has 0 radical (unpaired) electrons. The molecule has 0 spiro atoms. The van der Waals surface area contributed by atoms with E-state index in [4.69, 9.17) is 4.46 Å². The number of hydrogen-bond acceptors (Lipinski definition) is 3. The SMILES string of the molecule is O.O=[Si+2].[OH-].[OH-]. The molecule has 0 bridgehead atoms. The van der Waals surface area contributed by atoms with Gasteiger partial charge in [0.15, 0.2) is 0 Å². The second-order valence-electron chi connectivity index (χ2n) is 0. The van der Waals surface area contributed by atoms with Gasteiger partial charge in [0.1, 0.15) is 0 Å². The van der Waals surface area contributed by atoms with Crippen molar-refractivity contribution < 1.29 is 20.9 Å². The van der Waals surface area contributed by atoms with Crippen molar-refractivity contribution in [1.82, 2.24) is 0 Å². The van der Waals surface area contributed by atoms with Crippen LogP contribution in [-0.2, 0) is 4.46 Å². The third-order valence-electron chi connectivity index (χ3n) is 0. The Morgan fingerprint density at radius 2 is 1.00 bits per heavy atom. The molecule has 0 aromatic carbocycles. The first-order valence-corrected chi connectivity index (χ1v) is 0.612. The van der Waals surface area contributed by atoms with Gasteiger partial charge in [-0.2, -0.15) is 0 Å². The van der Waals surface area contributed by atoms with Crippen LogP contribution in [0.4, 0.5) is 0 Å². The van der Waals surface area contributed by atoms with Crippen LogP contribution in [0.2, 0.25) is 0 Å². The summed E-state index contributed by atoms with van der Waals surface area (Å²) in [4.78, 5) is 0. The molecule has 0 saturated heterocycles. The summed E-state index contributed by atoms with van der Waals surface area (Å²) in [7, 11) is 1.72. The molecule has 0 atom stereocenters. The zero-order valence-electron chi connectivity index (χ0n) is 2.30. The molecule has 4 N–H and O–H groups in total. The molecule has 0 saturated carbocycles. The maximum atomic E-state index is 8.06. The minimum absolute atomic E-state index is 0. The zero-order valence-corrected chi connectivity index (χ0v) is 3.30. The fourth-order valence-corrected chi connectivity index (χ4v) is 0. The Kier molecular flexibility index (Phi) is 56900. The van der Waals surface area contributed by atoms with E-state index in [1.165, 1.54) is 0 Å². The quantitative estimate of drug-likeness (QED) is 0.336. The van der Waals surface area contributed by atoms with Crippen molar-refractivity contribution in [3.63, 3.8) is 0 Å². The molecule has 0 heterocycles. The first-order valence-electron chi connectivity index (χ1n) is 0.204. The summed E-state index contributed by atoms with van der Waals surface area (Å²) in [5.41, 5.74) is 0. The normalized spacial score (nSPS) is 1.20. The molecule has 0 rings (SSSR count). The van der Waals surface area contributed by atoms with Crippen LogP contribution in [0.5, 0.6) is 0 Å². The van der Waals surface area contributed by atoms with Crippen LogP contribution in [0.15, 0.2) is 0 Å². The monoisotopic (exact) mass is 96.0 g/mol. The van der Waals surface area contributed by atoms with E-state index in [-0.39, 0.29) is 16.4 Å². The standard InChI is InChI=1S/OSi.3H2O/c1-2;;;/h;3*1H2/q+2;;;/p-2. The van der Waals surface area contributed by atoms with Gasteiger partial charge in [0.05, 0.1) is 0 Å². The fraction of sp³-hybridized carbons (Fsp3) is 0. The maximum Gasteiger partial charge on any atom is -0.870 e. The minimum atomic E-state index is 0. The largest absolute Gasteiger partial charge is 0.870 e. The minimum Gasteiger partial charge on any atom is -0.870 e. The van der Waals surface area contributed by atoms with Crippen LogP contribution < -0.4 is 0 Å². The van der Waals surface area contributed by atoms with Gasteiger partial charge in [0, 0.05) is 0 Å². The second kappa shape index (κ2) is 3080. The van der Waals surface area contributed by atoms with E-state index < -0.39 is 0 Å². The third kappa shape index (κ3) is 1320. The molecular weight excluding hydrogens is 92.1 g/mol. The van der Waals surface area contributed by atoms with Gasteiger partial charge in [-0.15, -0.1) is 0 Å².